The normalized spacial score (nSPS) is 52.6. The maximum Gasteiger partial charge on any atom is 0.0839 e. The molecule has 0 radical (unpaired) electrons. The lowest BCUT2D eigenvalue weighted by molar-refractivity contribution is -0.252. The second kappa shape index (κ2) is 4.60. The van der Waals surface area contributed by atoms with Crippen LogP contribution in [0.4, 0.5) is 0 Å². The lowest BCUT2D eigenvalue weighted by atomic mass is 9.44. The molecule has 0 aromatic heterocycles. The molecule has 5 atom stereocenters. The number of hydrogen-bond donors (Lipinski definition) is 0. The fourth-order valence-electron chi connectivity index (χ4n) is 6.52. The lowest BCUT2D eigenvalue weighted by Crippen LogP contribution is -2.62. The third kappa shape index (κ3) is 2.22. The second-order valence-corrected chi connectivity index (χ2v) is 9.46. The van der Waals surface area contributed by atoms with Gasteiger partial charge in [0.15, 0.2) is 0 Å². The van der Waals surface area contributed by atoms with Gasteiger partial charge in [0.05, 0.1) is 11.2 Å². The summed E-state index contributed by atoms with van der Waals surface area (Å²) in [6.07, 6.45) is 11.2. The highest BCUT2D eigenvalue weighted by molar-refractivity contribution is 5.12. The molecule has 0 N–H and O–H groups in total. The molecule has 3 fully saturated rings. The van der Waals surface area contributed by atoms with Gasteiger partial charge in [0.1, 0.15) is 0 Å². The highest BCUT2D eigenvalue weighted by Gasteiger charge is 2.61. The van der Waals surface area contributed by atoms with E-state index in [2.05, 4.69) is 41.2 Å². The molecule has 0 spiro atoms. The molecule has 1 saturated heterocycles. The van der Waals surface area contributed by atoms with Gasteiger partial charge in [-0.15, -0.1) is 6.58 Å². The van der Waals surface area contributed by atoms with Crippen LogP contribution < -0.4 is 0 Å². The van der Waals surface area contributed by atoms with Crippen LogP contribution in [-0.2, 0) is 4.74 Å². The van der Waals surface area contributed by atoms with Crippen molar-refractivity contribution in [3.8, 4) is 0 Å². The molecular formula is C20H34O. The summed E-state index contributed by atoms with van der Waals surface area (Å²) in [5.74, 6) is 1.59. The van der Waals surface area contributed by atoms with Crippen molar-refractivity contribution in [1.29, 1.82) is 0 Å². The number of hydrogen-bond acceptors (Lipinski definition) is 1. The maximum absolute atomic E-state index is 6.68. The summed E-state index contributed by atoms with van der Waals surface area (Å²) in [4.78, 5) is 0. The quantitative estimate of drug-likeness (QED) is 0.559. The van der Waals surface area contributed by atoms with Gasteiger partial charge in [-0.1, -0.05) is 33.3 Å². The topological polar surface area (TPSA) is 9.23 Å². The van der Waals surface area contributed by atoms with Gasteiger partial charge in [-0.2, -0.15) is 0 Å². The van der Waals surface area contributed by atoms with E-state index < -0.39 is 0 Å². The van der Waals surface area contributed by atoms with E-state index >= 15 is 0 Å². The molecule has 0 aromatic rings. The van der Waals surface area contributed by atoms with Crippen LogP contribution in [0.25, 0.3) is 0 Å². The highest BCUT2D eigenvalue weighted by atomic mass is 16.5. The fraction of sp³-hybridized carbons (Fsp3) is 0.900. The molecule has 0 bridgehead atoms. The van der Waals surface area contributed by atoms with Crippen molar-refractivity contribution in [3.05, 3.63) is 12.7 Å². The molecule has 2 aliphatic carbocycles. The third-order valence-corrected chi connectivity index (χ3v) is 7.57. The molecule has 3 aliphatic rings. The van der Waals surface area contributed by atoms with E-state index in [9.17, 15) is 0 Å². The van der Waals surface area contributed by atoms with Crippen LogP contribution in [0, 0.1) is 22.7 Å². The Bertz CT molecular complexity index is 439. The summed E-state index contributed by atoms with van der Waals surface area (Å²) in [5, 5.41) is 0. The van der Waals surface area contributed by atoms with Crippen LogP contribution in [0.15, 0.2) is 12.7 Å². The Balaban J connectivity index is 1.94. The minimum Gasteiger partial charge on any atom is -0.365 e. The molecule has 1 heteroatoms. The molecule has 0 aromatic carbocycles. The standard InChI is InChI=1S/C20H34O/c1-7-18(4)13-9-16-19(5)12-8-11-17(2,3)15(19)10-14-20(16,6)21-18/h7,15-16H,1,8-14H2,2-6H3/t15-,16-,18-,19+,20+/m0/s1. The zero-order valence-electron chi connectivity index (χ0n) is 14.8. The minimum atomic E-state index is -0.112. The summed E-state index contributed by atoms with van der Waals surface area (Å²) in [5.41, 5.74) is 0.920. The molecule has 0 amide bonds. The first kappa shape index (κ1) is 15.6. The van der Waals surface area contributed by atoms with Crippen LogP contribution in [0.5, 0.6) is 0 Å². The molecule has 1 heterocycles. The van der Waals surface area contributed by atoms with Crippen molar-refractivity contribution in [2.75, 3.05) is 0 Å². The van der Waals surface area contributed by atoms with Gasteiger partial charge < -0.3 is 4.74 Å². The van der Waals surface area contributed by atoms with Crippen LogP contribution in [0.1, 0.15) is 79.6 Å². The van der Waals surface area contributed by atoms with Crippen molar-refractivity contribution in [2.24, 2.45) is 22.7 Å². The summed E-state index contributed by atoms with van der Waals surface area (Å²) in [7, 11) is 0. The highest BCUT2D eigenvalue weighted by Crippen LogP contribution is 2.65. The van der Waals surface area contributed by atoms with E-state index in [1.165, 1.54) is 38.5 Å². The van der Waals surface area contributed by atoms with Crippen LogP contribution in [0.3, 0.4) is 0 Å². The number of rotatable bonds is 1. The summed E-state index contributed by atoms with van der Waals surface area (Å²) < 4.78 is 6.68. The van der Waals surface area contributed by atoms with Crippen molar-refractivity contribution in [1.82, 2.24) is 0 Å². The van der Waals surface area contributed by atoms with E-state index in [0.29, 0.717) is 10.8 Å². The van der Waals surface area contributed by atoms with E-state index in [0.717, 1.165) is 18.3 Å². The fourth-order valence-corrected chi connectivity index (χ4v) is 6.52. The van der Waals surface area contributed by atoms with Crippen LogP contribution >= 0.6 is 0 Å². The average molecular weight is 290 g/mol. The van der Waals surface area contributed by atoms with E-state index in [-0.39, 0.29) is 11.2 Å². The zero-order chi connectivity index (χ0) is 15.5. The van der Waals surface area contributed by atoms with Gasteiger partial charge >= 0.3 is 0 Å². The van der Waals surface area contributed by atoms with Gasteiger partial charge in [-0.05, 0) is 75.0 Å². The average Bonchev–Trinajstić information content (AvgIpc) is 2.36. The van der Waals surface area contributed by atoms with Gasteiger partial charge in [0, 0.05) is 0 Å². The molecule has 120 valence electrons. The second-order valence-electron chi connectivity index (χ2n) is 9.46. The Morgan fingerprint density at radius 1 is 0.905 bits per heavy atom. The van der Waals surface area contributed by atoms with Gasteiger partial charge in [-0.3, -0.25) is 0 Å². The first-order valence-electron chi connectivity index (χ1n) is 8.99. The Morgan fingerprint density at radius 3 is 2.24 bits per heavy atom. The van der Waals surface area contributed by atoms with Crippen molar-refractivity contribution in [2.45, 2.75) is 90.8 Å². The maximum atomic E-state index is 6.68. The Kier molecular flexibility index (Phi) is 3.41. The van der Waals surface area contributed by atoms with Crippen molar-refractivity contribution >= 4 is 0 Å². The van der Waals surface area contributed by atoms with Crippen molar-refractivity contribution in [3.63, 3.8) is 0 Å². The Morgan fingerprint density at radius 2 is 1.57 bits per heavy atom. The van der Waals surface area contributed by atoms with Crippen LogP contribution in [0.2, 0.25) is 0 Å². The lowest BCUT2D eigenvalue weighted by Gasteiger charge is -2.65. The van der Waals surface area contributed by atoms with Gasteiger partial charge in [-0.25, -0.2) is 0 Å². The largest absolute Gasteiger partial charge is 0.365 e. The third-order valence-electron chi connectivity index (χ3n) is 7.57. The predicted octanol–water partition coefficient (Wildman–Crippen LogP) is 5.74. The molecule has 1 aliphatic heterocycles. The number of fused-ring (bicyclic) bond motifs is 3. The smallest absolute Gasteiger partial charge is 0.0839 e. The van der Waals surface area contributed by atoms with Crippen molar-refractivity contribution < 1.29 is 4.74 Å². The summed E-state index contributed by atoms with van der Waals surface area (Å²) >= 11 is 0. The van der Waals surface area contributed by atoms with Gasteiger partial charge in [0.2, 0.25) is 0 Å². The zero-order valence-corrected chi connectivity index (χ0v) is 14.8. The summed E-state index contributed by atoms with van der Waals surface area (Å²) in [6.45, 7) is 16.2. The molecule has 3 rings (SSSR count). The van der Waals surface area contributed by atoms with Crippen LogP contribution in [-0.4, -0.2) is 11.2 Å². The molecular weight excluding hydrogens is 256 g/mol. The predicted molar refractivity (Wildman–Crippen MR) is 89.3 cm³/mol. The van der Waals surface area contributed by atoms with Gasteiger partial charge in [0.25, 0.3) is 0 Å². The molecule has 1 nitrogen and oxygen atoms in total. The molecule has 0 unspecified atom stereocenters. The SMILES string of the molecule is C=C[C@@]1(C)CC[C@H]2[C@]3(C)CCCC(C)(C)[C@@H]3CC[C@@]2(C)O1. The molecule has 21 heavy (non-hydrogen) atoms. The van der Waals surface area contributed by atoms with E-state index in [1.54, 1.807) is 0 Å². The summed E-state index contributed by atoms with van der Waals surface area (Å²) in [6, 6.07) is 0. The molecule has 2 saturated carbocycles. The minimum absolute atomic E-state index is 0.0554. The first-order valence-corrected chi connectivity index (χ1v) is 8.99. The monoisotopic (exact) mass is 290 g/mol. The van der Waals surface area contributed by atoms with E-state index in [1.807, 2.05) is 6.08 Å². The number of ether oxygens (including phenoxy) is 1. The van der Waals surface area contributed by atoms with E-state index in [4.69, 9.17) is 4.74 Å². The Labute approximate surface area is 131 Å². The Hall–Kier alpha value is -0.300. The first-order chi connectivity index (χ1) is 9.65.